The maximum atomic E-state index is 11.4. The van der Waals surface area contributed by atoms with Crippen molar-refractivity contribution in [3.8, 4) is 28.7 Å². The number of benzene rings is 2. The van der Waals surface area contributed by atoms with E-state index in [0.717, 1.165) is 16.7 Å². The predicted octanol–water partition coefficient (Wildman–Crippen LogP) is 0.119. The van der Waals surface area contributed by atoms with Crippen LogP contribution in [-0.4, -0.2) is 89.6 Å². The number of carboxylic acids is 1. The highest BCUT2D eigenvalue weighted by Gasteiger charge is 2.48. The Bertz CT molecular complexity index is 1180. The monoisotopic (exact) mass is 520 g/mol. The summed E-state index contributed by atoms with van der Waals surface area (Å²) in [6, 6.07) is 6.68. The van der Waals surface area contributed by atoms with Crippen molar-refractivity contribution in [2.24, 2.45) is 0 Å². The first kappa shape index (κ1) is 25.4. The summed E-state index contributed by atoms with van der Waals surface area (Å²) in [7, 11) is 3.05. The minimum atomic E-state index is -1.82. The smallest absolute Gasteiger partial charge is 0.335 e. The fraction of sp³-hybridized carbons (Fsp3) is 0.480. The van der Waals surface area contributed by atoms with E-state index in [4.69, 9.17) is 28.4 Å². The molecule has 3 aliphatic rings. The third kappa shape index (κ3) is 4.20. The van der Waals surface area contributed by atoms with Crippen LogP contribution in [-0.2, 0) is 16.0 Å². The number of aliphatic hydroxyl groups excluding tert-OH is 4. The third-order valence-corrected chi connectivity index (χ3v) is 6.89. The van der Waals surface area contributed by atoms with Gasteiger partial charge in [-0.1, -0.05) is 0 Å². The highest BCUT2D eigenvalue weighted by atomic mass is 16.7. The molecule has 0 unspecified atom stereocenters. The zero-order chi connectivity index (χ0) is 26.4. The molecule has 1 saturated heterocycles. The van der Waals surface area contributed by atoms with Crippen LogP contribution in [0.2, 0.25) is 0 Å². The Kier molecular flexibility index (Phi) is 6.77. The van der Waals surface area contributed by atoms with Gasteiger partial charge in [-0.15, -0.1) is 0 Å². The molecule has 37 heavy (non-hydrogen) atoms. The molecule has 0 aliphatic carbocycles. The molecule has 2 aromatic rings. The van der Waals surface area contributed by atoms with Crippen LogP contribution in [0.25, 0.3) is 0 Å². The molecule has 5 N–H and O–H groups in total. The average Bonchev–Trinajstić information content (AvgIpc) is 3.28. The Morgan fingerprint density at radius 3 is 2.54 bits per heavy atom. The highest BCUT2D eigenvalue weighted by molar-refractivity contribution is 5.73. The molecule has 0 amide bonds. The maximum absolute atomic E-state index is 11.4. The van der Waals surface area contributed by atoms with Gasteiger partial charge in [-0.2, -0.15) is 0 Å². The van der Waals surface area contributed by atoms with Gasteiger partial charge in [-0.05, 0) is 30.2 Å². The fourth-order valence-corrected chi connectivity index (χ4v) is 5.10. The predicted molar refractivity (Wildman–Crippen MR) is 123 cm³/mol. The average molecular weight is 520 g/mol. The van der Waals surface area contributed by atoms with Gasteiger partial charge in [-0.3, -0.25) is 0 Å². The number of aliphatic hydroxyl groups is 4. The van der Waals surface area contributed by atoms with E-state index in [2.05, 4.69) is 0 Å². The minimum Gasteiger partial charge on any atom is -0.493 e. The largest absolute Gasteiger partial charge is 0.493 e. The van der Waals surface area contributed by atoms with E-state index in [9.17, 15) is 30.3 Å². The lowest BCUT2D eigenvalue weighted by molar-refractivity contribution is -0.271. The molecule has 1 fully saturated rings. The van der Waals surface area contributed by atoms with Gasteiger partial charge in [0.05, 0.1) is 26.7 Å². The van der Waals surface area contributed by atoms with Crippen LogP contribution in [0.5, 0.6) is 28.7 Å². The van der Waals surface area contributed by atoms with E-state index in [1.807, 2.05) is 6.07 Å². The van der Waals surface area contributed by atoms with Crippen LogP contribution in [0.3, 0.4) is 0 Å². The SMILES string of the molecule is COc1cc(CCO)c2c(c1OC)O[C@H]1c3ccc(O[C@@H]4O[C@H](C(=O)O)[C@@H](O)[C@H](O)[C@H]4O)cc3OC[C@@H]21. The van der Waals surface area contributed by atoms with Gasteiger partial charge >= 0.3 is 5.97 Å². The number of carbonyl (C=O) groups is 1. The molecule has 0 aromatic heterocycles. The van der Waals surface area contributed by atoms with Crippen molar-refractivity contribution in [1.82, 2.24) is 0 Å². The molecule has 7 atom stereocenters. The normalized spacial score (nSPS) is 29.7. The molecule has 12 heteroatoms. The summed E-state index contributed by atoms with van der Waals surface area (Å²) in [4.78, 5) is 11.4. The second-order valence-corrected chi connectivity index (χ2v) is 9.00. The number of ether oxygens (including phenoxy) is 6. The first-order valence-corrected chi connectivity index (χ1v) is 11.7. The number of rotatable bonds is 7. The molecule has 0 radical (unpaired) electrons. The van der Waals surface area contributed by atoms with Crippen molar-refractivity contribution < 1.29 is 58.7 Å². The Labute approximate surface area is 211 Å². The van der Waals surface area contributed by atoms with E-state index >= 15 is 0 Å². The van der Waals surface area contributed by atoms with Gasteiger partial charge in [0.1, 0.15) is 35.9 Å². The quantitative estimate of drug-likeness (QED) is 0.334. The van der Waals surface area contributed by atoms with Crippen molar-refractivity contribution >= 4 is 5.97 Å². The molecule has 200 valence electrons. The first-order chi connectivity index (χ1) is 17.8. The van der Waals surface area contributed by atoms with Crippen molar-refractivity contribution in [2.45, 2.75) is 49.1 Å². The summed E-state index contributed by atoms with van der Waals surface area (Å²) in [6.07, 6.45) is -8.62. The molecule has 2 aromatic carbocycles. The van der Waals surface area contributed by atoms with E-state index in [0.29, 0.717) is 29.4 Å². The van der Waals surface area contributed by atoms with E-state index in [-0.39, 0.29) is 24.9 Å². The van der Waals surface area contributed by atoms with Crippen LogP contribution in [0.4, 0.5) is 0 Å². The van der Waals surface area contributed by atoms with Gasteiger partial charge in [-0.25, -0.2) is 4.79 Å². The van der Waals surface area contributed by atoms with E-state index < -0.39 is 42.8 Å². The van der Waals surface area contributed by atoms with E-state index in [1.165, 1.54) is 14.2 Å². The number of hydrogen-bond acceptors (Lipinski definition) is 11. The summed E-state index contributed by atoms with van der Waals surface area (Å²) in [6.45, 7) is 0.206. The van der Waals surface area contributed by atoms with Crippen molar-refractivity contribution in [3.05, 3.63) is 41.0 Å². The van der Waals surface area contributed by atoms with Gasteiger partial charge in [0, 0.05) is 23.8 Å². The Morgan fingerprint density at radius 1 is 1.08 bits per heavy atom. The van der Waals surface area contributed by atoms with Crippen molar-refractivity contribution in [3.63, 3.8) is 0 Å². The molecule has 3 heterocycles. The van der Waals surface area contributed by atoms with Crippen LogP contribution < -0.4 is 23.7 Å². The van der Waals surface area contributed by atoms with Crippen molar-refractivity contribution in [1.29, 1.82) is 0 Å². The molecule has 0 saturated carbocycles. The lowest BCUT2D eigenvalue weighted by Gasteiger charge is -2.38. The number of fused-ring (bicyclic) bond motifs is 5. The van der Waals surface area contributed by atoms with Gasteiger partial charge < -0.3 is 54.0 Å². The van der Waals surface area contributed by atoms with Gasteiger partial charge in [0.25, 0.3) is 0 Å². The van der Waals surface area contributed by atoms with Crippen LogP contribution in [0, 0.1) is 0 Å². The Hall–Kier alpha value is -3.29. The second-order valence-electron chi connectivity index (χ2n) is 9.00. The zero-order valence-electron chi connectivity index (χ0n) is 20.1. The second kappa shape index (κ2) is 9.88. The number of hydrogen-bond donors (Lipinski definition) is 5. The third-order valence-electron chi connectivity index (χ3n) is 6.89. The lowest BCUT2D eigenvalue weighted by Crippen LogP contribution is -2.61. The minimum absolute atomic E-state index is 0.0546. The summed E-state index contributed by atoms with van der Waals surface area (Å²) >= 11 is 0. The molecule has 12 nitrogen and oxygen atoms in total. The summed E-state index contributed by atoms with van der Waals surface area (Å²) < 4.78 is 34.3. The maximum Gasteiger partial charge on any atom is 0.335 e. The van der Waals surface area contributed by atoms with E-state index in [1.54, 1.807) is 18.2 Å². The summed E-state index contributed by atoms with van der Waals surface area (Å²) in [5.74, 6) is 0.428. The summed E-state index contributed by atoms with van der Waals surface area (Å²) in [5.41, 5.74) is 2.47. The molecular formula is C25H28O12. The lowest BCUT2D eigenvalue weighted by atomic mass is 9.86. The van der Waals surface area contributed by atoms with Crippen LogP contribution >= 0.6 is 0 Å². The first-order valence-electron chi connectivity index (χ1n) is 11.7. The Morgan fingerprint density at radius 2 is 1.86 bits per heavy atom. The molecule has 3 aliphatic heterocycles. The van der Waals surface area contributed by atoms with Gasteiger partial charge in [0.15, 0.2) is 17.6 Å². The number of aliphatic carboxylic acids is 1. The number of carboxylic acid groups (broad SMARTS) is 1. The molecular weight excluding hydrogens is 492 g/mol. The molecule has 5 rings (SSSR count). The molecule has 0 bridgehead atoms. The Balaban J connectivity index is 1.42. The zero-order valence-corrected chi connectivity index (χ0v) is 20.1. The standard InChI is InChI=1S/C25H28O12/c1-32-15-7-10(5-6-26)16-13-9-34-14-8-11(3-4-12(14)20(13)36-22(16)21(15)33-2)35-25-19(29)17(27)18(28)23(37-25)24(30)31/h3-4,7-8,13,17-20,23,25-29H,5-6,9H2,1-2H3,(H,30,31)/t13-,17-,18-,19+,20-,23-,25+/m0/s1. The molecule has 0 spiro atoms. The topological polar surface area (TPSA) is 174 Å². The van der Waals surface area contributed by atoms with Gasteiger partial charge in [0.2, 0.25) is 12.0 Å². The number of methoxy groups -OCH3 is 2. The fourth-order valence-electron chi connectivity index (χ4n) is 5.10. The van der Waals surface area contributed by atoms with Crippen LogP contribution in [0.1, 0.15) is 28.7 Å². The highest BCUT2D eigenvalue weighted by Crippen LogP contribution is 2.57. The summed E-state index contributed by atoms with van der Waals surface area (Å²) in [5, 5.41) is 49.0. The van der Waals surface area contributed by atoms with Crippen molar-refractivity contribution in [2.75, 3.05) is 27.4 Å². The van der Waals surface area contributed by atoms with Crippen LogP contribution in [0.15, 0.2) is 24.3 Å².